The number of benzene rings is 2. The molecule has 26 heavy (non-hydrogen) atoms. The zero-order valence-electron chi connectivity index (χ0n) is 15.4. The zero-order chi connectivity index (χ0) is 17.9. The van der Waals surface area contributed by atoms with E-state index in [1.165, 1.54) is 28.0 Å². The van der Waals surface area contributed by atoms with Gasteiger partial charge in [0, 0.05) is 38.3 Å². The number of anilines is 1. The van der Waals surface area contributed by atoms with E-state index in [1.54, 1.807) is 0 Å². The van der Waals surface area contributed by atoms with Gasteiger partial charge in [-0.3, -0.25) is 4.79 Å². The van der Waals surface area contributed by atoms with E-state index >= 15 is 0 Å². The van der Waals surface area contributed by atoms with Crippen molar-refractivity contribution < 1.29 is 4.79 Å². The predicted octanol–water partition coefficient (Wildman–Crippen LogP) is 4.62. The van der Waals surface area contributed by atoms with Crippen molar-refractivity contribution in [2.45, 2.75) is 39.3 Å². The Balaban J connectivity index is 1.42. The molecule has 0 saturated carbocycles. The number of hydrogen-bond donors (Lipinski definition) is 0. The third-order valence-electron chi connectivity index (χ3n) is 5.47. The average molecular weight is 346 g/mol. The summed E-state index contributed by atoms with van der Waals surface area (Å²) in [5, 5.41) is 0. The molecule has 0 spiro atoms. The van der Waals surface area contributed by atoms with Crippen LogP contribution in [0.15, 0.2) is 54.6 Å². The second-order valence-electron chi connectivity index (χ2n) is 7.24. The van der Waals surface area contributed by atoms with Crippen molar-refractivity contribution in [2.24, 2.45) is 0 Å². The van der Waals surface area contributed by atoms with Crippen LogP contribution in [-0.4, -0.2) is 23.9 Å². The standard InChI is InChI=1S/C23H26N2O/c1-2-5-23(26)24-14-12-19(13-15-24)18-8-10-22(11-9-18)25-16-20-6-3-4-7-21(20)17-25/h3-4,6-12H,2,5,13-17H2,1H3. The summed E-state index contributed by atoms with van der Waals surface area (Å²) in [6.07, 6.45) is 4.76. The summed E-state index contributed by atoms with van der Waals surface area (Å²) in [6.45, 7) is 5.63. The largest absolute Gasteiger partial charge is 0.363 e. The van der Waals surface area contributed by atoms with Crippen LogP contribution in [0.4, 0.5) is 5.69 Å². The first-order valence-corrected chi connectivity index (χ1v) is 9.63. The zero-order valence-corrected chi connectivity index (χ0v) is 15.4. The molecule has 0 aliphatic carbocycles. The fourth-order valence-corrected chi connectivity index (χ4v) is 3.93. The molecule has 4 rings (SSSR count). The van der Waals surface area contributed by atoms with Gasteiger partial charge < -0.3 is 9.80 Å². The van der Waals surface area contributed by atoms with Crippen LogP contribution >= 0.6 is 0 Å². The fraction of sp³-hybridized carbons (Fsp3) is 0.348. The highest BCUT2D eigenvalue weighted by Gasteiger charge is 2.20. The Hall–Kier alpha value is -2.55. The average Bonchev–Trinajstić information content (AvgIpc) is 3.13. The van der Waals surface area contributed by atoms with Crippen LogP contribution in [0.2, 0.25) is 0 Å². The molecule has 2 aliphatic heterocycles. The van der Waals surface area contributed by atoms with Crippen LogP contribution in [-0.2, 0) is 17.9 Å². The van der Waals surface area contributed by atoms with Gasteiger partial charge in [-0.1, -0.05) is 49.4 Å². The monoisotopic (exact) mass is 346 g/mol. The number of rotatable bonds is 4. The quantitative estimate of drug-likeness (QED) is 0.806. The molecule has 2 aliphatic rings. The molecule has 0 N–H and O–H groups in total. The second-order valence-corrected chi connectivity index (χ2v) is 7.24. The first kappa shape index (κ1) is 16.9. The summed E-state index contributed by atoms with van der Waals surface area (Å²) in [7, 11) is 0. The smallest absolute Gasteiger partial charge is 0.222 e. The van der Waals surface area contributed by atoms with Gasteiger partial charge in [-0.05, 0) is 47.2 Å². The maximum atomic E-state index is 12.0. The second kappa shape index (κ2) is 7.36. The molecule has 2 heterocycles. The summed E-state index contributed by atoms with van der Waals surface area (Å²) in [5.74, 6) is 0.284. The van der Waals surface area contributed by atoms with E-state index in [9.17, 15) is 4.79 Å². The Morgan fingerprint density at radius 1 is 1.00 bits per heavy atom. The predicted molar refractivity (Wildman–Crippen MR) is 107 cm³/mol. The van der Waals surface area contributed by atoms with E-state index in [2.05, 4.69) is 66.4 Å². The lowest BCUT2D eigenvalue weighted by Crippen LogP contribution is -2.34. The van der Waals surface area contributed by atoms with Crippen LogP contribution in [0.1, 0.15) is 42.9 Å². The van der Waals surface area contributed by atoms with Crippen molar-refractivity contribution in [2.75, 3.05) is 18.0 Å². The summed E-state index contributed by atoms with van der Waals surface area (Å²) in [4.78, 5) is 16.4. The van der Waals surface area contributed by atoms with E-state index < -0.39 is 0 Å². The topological polar surface area (TPSA) is 23.6 Å². The SMILES string of the molecule is CCCC(=O)N1CC=C(c2ccc(N3Cc4ccccc4C3)cc2)CC1. The number of nitrogens with zero attached hydrogens (tertiary/aromatic N) is 2. The van der Waals surface area contributed by atoms with Crippen molar-refractivity contribution >= 4 is 17.2 Å². The molecule has 3 nitrogen and oxygen atoms in total. The molecule has 2 aromatic rings. The normalized spacial score (nSPS) is 16.4. The number of hydrogen-bond acceptors (Lipinski definition) is 2. The fourth-order valence-electron chi connectivity index (χ4n) is 3.93. The van der Waals surface area contributed by atoms with Crippen LogP contribution in [0.3, 0.4) is 0 Å². The first-order chi connectivity index (χ1) is 12.7. The number of amides is 1. The Morgan fingerprint density at radius 2 is 1.69 bits per heavy atom. The summed E-state index contributed by atoms with van der Waals surface area (Å²) in [5.41, 5.74) is 6.79. The highest BCUT2D eigenvalue weighted by molar-refractivity contribution is 5.78. The maximum Gasteiger partial charge on any atom is 0.222 e. The van der Waals surface area contributed by atoms with Crippen molar-refractivity contribution in [3.05, 3.63) is 71.3 Å². The molecule has 0 bridgehead atoms. The van der Waals surface area contributed by atoms with E-state index in [-0.39, 0.29) is 5.91 Å². The lowest BCUT2D eigenvalue weighted by molar-refractivity contribution is -0.130. The number of carbonyl (C=O) groups is 1. The Bertz CT molecular complexity index is 797. The minimum Gasteiger partial charge on any atom is -0.363 e. The minimum atomic E-state index is 0.284. The molecular weight excluding hydrogens is 320 g/mol. The van der Waals surface area contributed by atoms with Crippen molar-refractivity contribution in [3.8, 4) is 0 Å². The molecule has 2 aromatic carbocycles. The van der Waals surface area contributed by atoms with E-state index in [4.69, 9.17) is 0 Å². The van der Waals surface area contributed by atoms with E-state index in [0.717, 1.165) is 39.0 Å². The molecule has 1 amide bonds. The van der Waals surface area contributed by atoms with Crippen LogP contribution in [0, 0.1) is 0 Å². The van der Waals surface area contributed by atoms with Crippen molar-refractivity contribution in [3.63, 3.8) is 0 Å². The van der Waals surface area contributed by atoms with Gasteiger partial charge in [0.05, 0.1) is 0 Å². The number of carbonyl (C=O) groups excluding carboxylic acids is 1. The maximum absolute atomic E-state index is 12.0. The van der Waals surface area contributed by atoms with Gasteiger partial charge in [0.2, 0.25) is 5.91 Å². The van der Waals surface area contributed by atoms with Gasteiger partial charge in [0.25, 0.3) is 0 Å². The Labute approximate surface area is 155 Å². The molecular formula is C23H26N2O. The van der Waals surface area contributed by atoms with E-state index in [0.29, 0.717) is 6.42 Å². The summed E-state index contributed by atoms with van der Waals surface area (Å²) < 4.78 is 0. The first-order valence-electron chi connectivity index (χ1n) is 9.63. The highest BCUT2D eigenvalue weighted by Crippen LogP contribution is 2.30. The van der Waals surface area contributed by atoms with Gasteiger partial charge >= 0.3 is 0 Å². The van der Waals surface area contributed by atoms with Gasteiger partial charge in [0.1, 0.15) is 0 Å². The van der Waals surface area contributed by atoms with E-state index in [1.807, 2.05) is 4.90 Å². The molecule has 0 fully saturated rings. The molecule has 0 unspecified atom stereocenters. The van der Waals surface area contributed by atoms with Crippen LogP contribution in [0.5, 0.6) is 0 Å². The van der Waals surface area contributed by atoms with Crippen molar-refractivity contribution in [1.29, 1.82) is 0 Å². The molecule has 0 atom stereocenters. The molecule has 0 saturated heterocycles. The Morgan fingerprint density at radius 3 is 2.27 bits per heavy atom. The van der Waals surface area contributed by atoms with Crippen LogP contribution < -0.4 is 4.90 Å². The molecule has 0 aromatic heterocycles. The summed E-state index contributed by atoms with van der Waals surface area (Å²) in [6, 6.07) is 17.6. The third-order valence-corrected chi connectivity index (χ3v) is 5.47. The van der Waals surface area contributed by atoms with Gasteiger partial charge in [-0.2, -0.15) is 0 Å². The minimum absolute atomic E-state index is 0.284. The molecule has 3 heteroatoms. The van der Waals surface area contributed by atoms with Gasteiger partial charge in [-0.25, -0.2) is 0 Å². The lowest BCUT2D eigenvalue weighted by atomic mass is 9.99. The highest BCUT2D eigenvalue weighted by atomic mass is 16.2. The Kier molecular flexibility index (Phi) is 4.79. The third kappa shape index (κ3) is 3.39. The van der Waals surface area contributed by atoms with Crippen molar-refractivity contribution in [1.82, 2.24) is 4.90 Å². The molecule has 0 radical (unpaired) electrons. The number of fused-ring (bicyclic) bond motifs is 1. The van der Waals surface area contributed by atoms with Gasteiger partial charge in [0.15, 0.2) is 0 Å². The van der Waals surface area contributed by atoms with Gasteiger partial charge in [-0.15, -0.1) is 0 Å². The molecule has 134 valence electrons. The van der Waals surface area contributed by atoms with Crippen LogP contribution in [0.25, 0.3) is 5.57 Å². The lowest BCUT2D eigenvalue weighted by Gasteiger charge is -2.27. The summed E-state index contributed by atoms with van der Waals surface area (Å²) >= 11 is 0.